The topological polar surface area (TPSA) is 77.8 Å². The second-order valence-corrected chi connectivity index (χ2v) is 3.73. The van der Waals surface area contributed by atoms with Crippen molar-refractivity contribution in [3.63, 3.8) is 0 Å². The Hall–Kier alpha value is -2.30. The molecule has 0 saturated heterocycles. The van der Waals surface area contributed by atoms with E-state index < -0.39 is 12.0 Å². The Morgan fingerprint density at radius 2 is 1.88 bits per heavy atom. The molecule has 1 amide bonds. The monoisotopic (exact) mass is 233 g/mol. The van der Waals surface area contributed by atoms with E-state index in [9.17, 15) is 9.59 Å². The van der Waals surface area contributed by atoms with E-state index in [0.29, 0.717) is 12.0 Å². The number of amides is 1. The first kappa shape index (κ1) is 11.2. The molecular formula is C12H11NO4. The highest BCUT2D eigenvalue weighted by Gasteiger charge is 2.31. The molecule has 0 unspecified atom stereocenters. The third kappa shape index (κ3) is 2.13. The number of carboxylic acids is 1. The number of phenols is 1. The molecule has 5 heteroatoms. The summed E-state index contributed by atoms with van der Waals surface area (Å²) < 4.78 is 0. The molecule has 0 bridgehead atoms. The predicted molar refractivity (Wildman–Crippen MR) is 59.5 cm³/mol. The molecule has 0 saturated carbocycles. The van der Waals surface area contributed by atoms with Crippen LogP contribution in [0.5, 0.6) is 5.75 Å². The molecule has 0 aliphatic carbocycles. The number of rotatable bonds is 2. The molecule has 0 spiro atoms. The van der Waals surface area contributed by atoms with Gasteiger partial charge in [0.1, 0.15) is 11.8 Å². The Bertz CT molecular complexity index is 478. The summed E-state index contributed by atoms with van der Waals surface area (Å²) in [5, 5.41) is 18.1. The zero-order chi connectivity index (χ0) is 12.4. The highest BCUT2D eigenvalue weighted by atomic mass is 16.4. The maximum absolute atomic E-state index is 12.0. The first-order chi connectivity index (χ1) is 8.09. The van der Waals surface area contributed by atoms with Gasteiger partial charge in [-0.3, -0.25) is 4.79 Å². The summed E-state index contributed by atoms with van der Waals surface area (Å²) in [5.41, 5.74) is 0.348. The van der Waals surface area contributed by atoms with Gasteiger partial charge < -0.3 is 15.1 Å². The summed E-state index contributed by atoms with van der Waals surface area (Å²) in [4.78, 5) is 24.1. The Morgan fingerprint density at radius 3 is 2.47 bits per heavy atom. The molecule has 1 atom stereocenters. The zero-order valence-corrected chi connectivity index (χ0v) is 8.91. The zero-order valence-electron chi connectivity index (χ0n) is 8.91. The molecule has 0 fully saturated rings. The van der Waals surface area contributed by atoms with E-state index >= 15 is 0 Å². The smallest absolute Gasteiger partial charge is 0.327 e. The van der Waals surface area contributed by atoms with Gasteiger partial charge in [-0.05, 0) is 30.7 Å². The van der Waals surface area contributed by atoms with Crippen LogP contribution in [-0.4, -0.2) is 33.0 Å². The fourth-order valence-corrected chi connectivity index (χ4v) is 1.70. The summed E-state index contributed by atoms with van der Waals surface area (Å²) in [6.07, 6.45) is 3.45. The summed E-state index contributed by atoms with van der Waals surface area (Å²) in [6.45, 7) is 0. The van der Waals surface area contributed by atoms with Crippen LogP contribution in [0.15, 0.2) is 36.5 Å². The van der Waals surface area contributed by atoms with Gasteiger partial charge in [0.05, 0.1) is 0 Å². The van der Waals surface area contributed by atoms with E-state index in [1.54, 1.807) is 6.08 Å². The Kier molecular flexibility index (Phi) is 2.82. The van der Waals surface area contributed by atoms with Crippen molar-refractivity contribution < 1.29 is 19.8 Å². The van der Waals surface area contributed by atoms with Gasteiger partial charge in [0, 0.05) is 11.8 Å². The second kappa shape index (κ2) is 4.29. The van der Waals surface area contributed by atoms with Crippen molar-refractivity contribution in [1.82, 2.24) is 4.90 Å². The lowest BCUT2D eigenvalue weighted by Gasteiger charge is -2.20. The van der Waals surface area contributed by atoms with Crippen molar-refractivity contribution in [1.29, 1.82) is 0 Å². The first-order valence-electron chi connectivity index (χ1n) is 5.11. The van der Waals surface area contributed by atoms with Crippen molar-refractivity contribution in [3.8, 4) is 5.75 Å². The minimum Gasteiger partial charge on any atom is -0.508 e. The largest absolute Gasteiger partial charge is 0.508 e. The maximum Gasteiger partial charge on any atom is 0.327 e. The molecule has 0 aromatic heterocycles. The number of benzene rings is 1. The van der Waals surface area contributed by atoms with Crippen LogP contribution >= 0.6 is 0 Å². The van der Waals surface area contributed by atoms with Crippen LogP contribution in [0.4, 0.5) is 0 Å². The maximum atomic E-state index is 12.0. The standard InChI is InChI=1S/C12H11NO4/c14-9-5-3-8(4-6-9)11(15)13-7-1-2-10(13)12(16)17/h1,3-7,10,14H,2H2,(H,16,17)/t10-/m0/s1. The fourth-order valence-electron chi connectivity index (χ4n) is 1.70. The van der Waals surface area contributed by atoms with E-state index in [2.05, 4.69) is 0 Å². The van der Waals surface area contributed by atoms with Crippen molar-refractivity contribution >= 4 is 11.9 Å². The highest BCUT2D eigenvalue weighted by molar-refractivity contribution is 5.97. The molecule has 88 valence electrons. The lowest BCUT2D eigenvalue weighted by atomic mass is 10.1. The summed E-state index contributed by atoms with van der Waals surface area (Å²) >= 11 is 0. The van der Waals surface area contributed by atoms with Gasteiger partial charge in [-0.1, -0.05) is 6.08 Å². The predicted octanol–water partition coefficient (Wildman–Crippen LogP) is 1.20. The van der Waals surface area contributed by atoms with E-state index in [-0.39, 0.29) is 11.7 Å². The average molecular weight is 233 g/mol. The third-order valence-electron chi connectivity index (χ3n) is 2.59. The Balaban J connectivity index is 2.22. The van der Waals surface area contributed by atoms with Crippen LogP contribution in [0.3, 0.4) is 0 Å². The number of nitrogens with zero attached hydrogens (tertiary/aromatic N) is 1. The first-order valence-corrected chi connectivity index (χ1v) is 5.11. The van der Waals surface area contributed by atoms with Crippen LogP contribution in [0, 0.1) is 0 Å². The van der Waals surface area contributed by atoms with Crippen LogP contribution in [0.1, 0.15) is 16.8 Å². The van der Waals surface area contributed by atoms with Crippen molar-refractivity contribution in [2.75, 3.05) is 0 Å². The molecule has 2 N–H and O–H groups in total. The van der Waals surface area contributed by atoms with Gasteiger partial charge in [-0.25, -0.2) is 4.79 Å². The van der Waals surface area contributed by atoms with Crippen LogP contribution in [-0.2, 0) is 4.79 Å². The van der Waals surface area contributed by atoms with Crippen LogP contribution < -0.4 is 0 Å². The molecule has 1 aliphatic rings. The minimum atomic E-state index is -1.03. The van der Waals surface area contributed by atoms with Gasteiger partial charge in [-0.2, -0.15) is 0 Å². The molecule has 1 heterocycles. The van der Waals surface area contributed by atoms with E-state index in [1.165, 1.54) is 35.4 Å². The Morgan fingerprint density at radius 1 is 1.24 bits per heavy atom. The summed E-state index contributed by atoms with van der Waals surface area (Å²) in [5.74, 6) is -1.35. The average Bonchev–Trinajstić information content (AvgIpc) is 2.78. The Labute approximate surface area is 97.6 Å². The number of carbonyl (C=O) groups is 2. The van der Waals surface area contributed by atoms with Gasteiger partial charge >= 0.3 is 5.97 Å². The van der Waals surface area contributed by atoms with Crippen molar-refractivity contribution in [3.05, 3.63) is 42.1 Å². The lowest BCUT2D eigenvalue weighted by molar-refractivity contribution is -0.141. The lowest BCUT2D eigenvalue weighted by Crippen LogP contribution is -2.38. The second-order valence-electron chi connectivity index (χ2n) is 3.73. The number of aromatic hydroxyl groups is 1. The normalized spacial score (nSPS) is 18.4. The van der Waals surface area contributed by atoms with Crippen molar-refractivity contribution in [2.24, 2.45) is 0 Å². The summed E-state index contributed by atoms with van der Waals surface area (Å²) in [7, 11) is 0. The quantitative estimate of drug-likeness (QED) is 0.804. The number of aliphatic carboxylic acids is 1. The fraction of sp³-hybridized carbons (Fsp3) is 0.167. The third-order valence-corrected chi connectivity index (χ3v) is 2.59. The van der Waals surface area contributed by atoms with E-state index in [0.717, 1.165) is 0 Å². The number of carboxylic acid groups (broad SMARTS) is 1. The highest BCUT2D eigenvalue weighted by Crippen LogP contribution is 2.19. The molecule has 5 nitrogen and oxygen atoms in total. The molecule has 17 heavy (non-hydrogen) atoms. The summed E-state index contributed by atoms with van der Waals surface area (Å²) in [6, 6.07) is 4.87. The number of phenolic OH excluding ortho intramolecular Hbond substituents is 1. The SMILES string of the molecule is O=C(O)[C@@H]1CC=CN1C(=O)c1ccc(O)cc1. The molecule has 1 aliphatic heterocycles. The van der Waals surface area contributed by atoms with Crippen LogP contribution in [0.25, 0.3) is 0 Å². The molecule has 0 radical (unpaired) electrons. The van der Waals surface area contributed by atoms with Gasteiger partial charge in [0.2, 0.25) is 0 Å². The van der Waals surface area contributed by atoms with Gasteiger partial charge in [-0.15, -0.1) is 0 Å². The number of carbonyl (C=O) groups excluding carboxylic acids is 1. The molecule has 1 aromatic carbocycles. The number of hydrogen-bond donors (Lipinski definition) is 2. The van der Waals surface area contributed by atoms with E-state index in [4.69, 9.17) is 10.2 Å². The number of hydrogen-bond acceptors (Lipinski definition) is 3. The molecule has 1 aromatic rings. The van der Waals surface area contributed by atoms with Crippen LogP contribution in [0.2, 0.25) is 0 Å². The van der Waals surface area contributed by atoms with Crippen molar-refractivity contribution in [2.45, 2.75) is 12.5 Å². The van der Waals surface area contributed by atoms with Gasteiger partial charge in [0.25, 0.3) is 5.91 Å². The van der Waals surface area contributed by atoms with E-state index in [1.807, 2.05) is 0 Å². The molecule has 2 rings (SSSR count). The molecular weight excluding hydrogens is 222 g/mol. The van der Waals surface area contributed by atoms with Gasteiger partial charge in [0.15, 0.2) is 0 Å². The minimum absolute atomic E-state index is 0.0632.